The predicted molar refractivity (Wildman–Crippen MR) is 109 cm³/mol. The van der Waals surface area contributed by atoms with E-state index in [1.807, 2.05) is 49.9 Å². The van der Waals surface area contributed by atoms with Crippen LogP contribution in [0.5, 0.6) is 0 Å². The zero-order valence-corrected chi connectivity index (χ0v) is 17.7. The van der Waals surface area contributed by atoms with Gasteiger partial charge in [-0.05, 0) is 81.1 Å². The van der Waals surface area contributed by atoms with E-state index in [1.165, 1.54) is 6.33 Å². The molecule has 1 aromatic heterocycles. The van der Waals surface area contributed by atoms with Gasteiger partial charge in [-0.3, -0.25) is 4.79 Å². The minimum absolute atomic E-state index is 0.0523. The monoisotopic (exact) mass is 412 g/mol. The molecule has 160 valence electrons. The Morgan fingerprint density at radius 1 is 1.03 bits per heavy atom. The highest BCUT2D eigenvalue weighted by Crippen LogP contribution is 2.33. The second-order valence-corrected chi connectivity index (χ2v) is 8.94. The number of aromatic nitrogens is 4. The van der Waals surface area contributed by atoms with Crippen LogP contribution in [-0.2, 0) is 4.74 Å². The Hall–Kier alpha value is -2.97. The van der Waals surface area contributed by atoms with Crippen molar-refractivity contribution in [1.82, 2.24) is 30.0 Å². The van der Waals surface area contributed by atoms with Gasteiger partial charge in [-0.25, -0.2) is 9.48 Å². The van der Waals surface area contributed by atoms with Gasteiger partial charge in [0.2, 0.25) is 0 Å². The number of likely N-dealkylation sites (tertiary alicyclic amines) is 1. The highest BCUT2D eigenvalue weighted by molar-refractivity contribution is 5.95. The van der Waals surface area contributed by atoms with E-state index in [9.17, 15) is 9.59 Å². The summed E-state index contributed by atoms with van der Waals surface area (Å²) in [5.74, 6) is 0.0523. The van der Waals surface area contributed by atoms with Gasteiger partial charge >= 0.3 is 6.09 Å². The molecule has 0 unspecified atom stereocenters. The van der Waals surface area contributed by atoms with Crippen molar-refractivity contribution >= 4 is 12.0 Å². The van der Waals surface area contributed by atoms with Gasteiger partial charge in [0.25, 0.3) is 5.91 Å². The number of hydrogen-bond donors (Lipinski definition) is 0. The number of carbonyl (C=O) groups is 2. The van der Waals surface area contributed by atoms with Crippen molar-refractivity contribution < 1.29 is 14.3 Å². The number of amides is 2. The number of rotatable bonds is 4. The van der Waals surface area contributed by atoms with E-state index in [2.05, 4.69) is 15.5 Å². The summed E-state index contributed by atoms with van der Waals surface area (Å²) >= 11 is 0. The fourth-order valence-electron chi connectivity index (χ4n) is 3.82. The smallest absolute Gasteiger partial charge is 0.410 e. The molecule has 2 fully saturated rings. The van der Waals surface area contributed by atoms with Crippen molar-refractivity contribution in [3.63, 3.8) is 0 Å². The molecule has 0 N–H and O–H groups in total. The van der Waals surface area contributed by atoms with Gasteiger partial charge in [0, 0.05) is 30.7 Å². The van der Waals surface area contributed by atoms with Crippen LogP contribution in [0.2, 0.25) is 0 Å². The third-order valence-corrected chi connectivity index (χ3v) is 5.41. The van der Waals surface area contributed by atoms with Gasteiger partial charge < -0.3 is 14.5 Å². The molecule has 1 saturated carbocycles. The molecule has 1 saturated heterocycles. The fourth-order valence-corrected chi connectivity index (χ4v) is 3.82. The molecule has 1 aliphatic heterocycles. The van der Waals surface area contributed by atoms with E-state index in [0.29, 0.717) is 24.7 Å². The Kier molecular flexibility index (Phi) is 5.44. The Labute approximate surface area is 176 Å². The van der Waals surface area contributed by atoms with Gasteiger partial charge in [-0.15, -0.1) is 5.10 Å². The molecule has 2 heterocycles. The van der Waals surface area contributed by atoms with Crippen molar-refractivity contribution in [1.29, 1.82) is 0 Å². The second-order valence-electron chi connectivity index (χ2n) is 8.94. The number of carbonyl (C=O) groups excluding carboxylic acids is 2. The molecule has 2 amide bonds. The van der Waals surface area contributed by atoms with Gasteiger partial charge in [0.05, 0.1) is 5.69 Å². The van der Waals surface area contributed by atoms with E-state index in [1.54, 1.807) is 9.58 Å². The number of hydrogen-bond acceptors (Lipinski definition) is 6. The Morgan fingerprint density at radius 3 is 2.20 bits per heavy atom. The number of ether oxygens (including phenoxy) is 1. The minimum Gasteiger partial charge on any atom is -0.444 e. The lowest BCUT2D eigenvalue weighted by atomic mass is 10.0. The van der Waals surface area contributed by atoms with Crippen molar-refractivity contribution in [2.45, 2.75) is 64.1 Å². The first-order valence-corrected chi connectivity index (χ1v) is 10.5. The Bertz CT molecular complexity index is 878. The van der Waals surface area contributed by atoms with Gasteiger partial charge in [0.1, 0.15) is 11.9 Å². The summed E-state index contributed by atoms with van der Waals surface area (Å²) in [4.78, 5) is 29.4. The van der Waals surface area contributed by atoms with E-state index >= 15 is 0 Å². The average Bonchev–Trinajstić information content (AvgIpc) is 3.39. The molecule has 9 heteroatoms. The zero-order chi connectivity index (χ0) is 21.3. The minimum atomic E-state index is -0.502. The maximum Gasteiger partial charge on any atom is 0.410 e. The van der Waals surface area contributed by atoms with Crippen molar-refractivity contribution in [2.24, 2.45) is 0 Å². The lowest BCUT2D eigenvalue weighted by Gasteiger charge is -2.39. The SMILES string of the molecule is CC(C)(C)OC(=O)N1CCC(N(C(=O)c2ccc(-n3cnnn3)cc2)C2CC2)CC1. The molecule has 2 aliphatic rings. The lowest BCUT2D eigenvalue weighted by Crippen LogP contribution is -2.50. The molecule has 0 atom stereocenters. The summed E-state index contributed by atoms with van der Waals surface area (Å²) in [6.45, 7) is 6.82. The highest BCUT2D eigenvalue weighted by atomic mass is 16.6. The molecule has 4 rings (SSSR count). The number of benzene rings is 1. The first-order chi connectivity index (χ1) is 14.3. The van der Waals surface area contributed by atoms with Crippen molar-refractivity contribution in [3.05, 3.63) is 36.2 Å². The topological polar surface area (TPSA) is 93.5 Å². The summed E-state index contributed by atoms with van der Waals surface area (Å²) in [5, 5.41) is 11.1. The first kappa shape index (κ1) is 20.3. The predicted octanol–water partition coefficient (Wildman–Crippen LogP) is 2.67. The van der Waals surface area contributed by atoms with Crippen LogP contribution in [0, 0.1) is 0 Å². The van der Waals surface area contributed by atoms with Gasteiger partial charge in [-0.2, -0.15) is 0 Å². The summed E-state index contributed by atoms with van der Waals surface area (Å²) in [5.41, 5.74) is 0.965. The number of piperidine rings is 1. The fraction of sp³-hybridized carbons (Fsp3) is 0.571. The standard InChI is InChI=1S/C21H28N6O3/c1-21(2,3)30-20(29)25-12-10-18(11-13-25)27(17-8-9-17)19(28)15-4-6-16(7-5-15)26-14-22-23-24-26/h4-7,14,17-18H,8-13H2,1-3H3. The number of nitrogens with zero attached hydrogens (tertiary/aromatic N) is 6. The van der Waals surface area contributed by atoms with E-state index < -0.39 is 5.60 Å². The third kappa shape index (κ3) is 4.60. The molecule has 0 spiro atoms. The highest BCUT2D eigenvalue weighted by Gasteiger charge is 2.39. The van der Waals surface area contributed by atoms with Crippen LogP contribution in [0.3, 0.4) is 0 Å². The Morgan fingerprint density at radius 2 is 1.67 bits per heavy atom. The summed E-state index contributed by atoms with van der Waals surface area (Å²) in [7, 11) is 0. The molecule has 30 heavy (non-hydrogen) atoms. The van der Waals surface area contributed by atoms with E-state index in [0.717, 1.165) is 31.4 Å². The summed E-state index contributed by atoms with van der Waals surface area (Å²) in [6.07, 6.45) is 4.87. The maximum atomic E-state index is 13.3. The maximum absolute atomic E-state index is 13.3. The van der Waals surface area contributed by atoms with Gasteiger partial charge in [-0.1, -0.05) is 0 Å². The van der Waals surface area contributed by atoms with Gasteiger partial charge in [0.15, 0.2) is 0 Å². The molecule has 2 aromatic rings. The normalized spacial score (nSPS) is 17.6. The molecule has 0 radical (unpaired) electrons. The van der Waals surface area contributed by atoms with Crippen LogP contribution in [0.1, 0.15) is 56.8 Å². The molecule has 0 bridgehead atoms. The van der Waals surface area contributed by atoms with Crippen LogP contribution >= 0.6 is 0 Å². The van der Waals surface area contributed by atoms with Crippen LogP contribution < -0.4 is 0 Å². The molecule has 1 aliphatic carbocycles. The average molecular weight is 412 g/mol. The van der Waals surface area contributed by atoms with Crippen LogP contribution in [0.25, 0.3) is 5.69 Å². The van der Waals surface area contributed by atoms with E-state index in [-0.39, 0.29) is 18.0 Å². The quantitative estimate of drug-likeness (QED) is 0.766. The van der Waals surface area contributed by atoms with Crippen molar-refractivity contribution in [2.75, 3.05) is 13.1 Å². The largest absolute Gasteiger partial charge is 0.444 e. The van der Waals surface area contributed by atoms with Crippen LogP contribution in [-0.4, -0.2) is 72.8 Å². The first-order valence-electron chi connectivity index (χ1n) is 10.5. The zero-order valence-electron chi connectivity index (χ0n) is 17.7. The van der Waals surface area contributed by atoms with Crippen LogP contribution in [0.4, 0.5) is 4.79 Å². The van der Waals surface area contributed by atoms with Crippen molar-refractivity contribution in [3.8, 4) is 5.69 Å². The summed E-state index contributed by atoms with van der Waals surface area (Å²) < 4.78 is 7.04. The second kappa shape index (κ2) is 8.04. The molecular weight excluding hydrogens is 384 g/mol. The van der Waals surface area contributed by atoms with Crippen LogP contribution in [0.15, 0.2) is 30.6 Å². The molecule has 1 aromatic carbocycles. The molecule has 9 nitrogen and oxygen atoms in total. The molecular formula is C21H28N6O3. The summed E-state index contributed by atoms with van der Waals surface area (Å²) in [6, 6.07) is 7.78. The lowest BCUT2D eigenvalue weighted by molar-refractivity contribution is 0.0142. The third-order valence-electron chi connectivity index (χ3n) is 5.41. The van der Waals surface area contributed by atoms with E-state index in [4.69, 9.17) is 4.74 Å². The Balaban J connectivity index is 1.41. The number of tetrazole rings is 1.